The number of aryl methyl sites for hydroxylation is 1. The largest absolute Gasteiger partial charge is 0.381 e. The number of carbonyl (C=O) groups excluding carboxylic acids is 1. The second-order valence-corrected chi connectivity index (χ2v) is 7.92. The maximum Gasteiger partial charge on any atom is 0.240 e. The van der Waals surface area contributed by atoms with Crippen molar-refractivity contribution in [3.05, 3.63) is 23.8 Å². The fourth-order valence-corrected chi connectivity index (χ4v) is 4.41. The molecule has 2 aliphatic rings. The molecule has 23 heavy (non-hydrogen) atoms. The number of anilines is 1. The molecule has 1 N–H and O–H groups in total. The van der Waals surface area contributed by atoms with Gasteiger partial charge in [-0.05, 0) is 49.4 Å². The summed E-state index contributed by atoms with van der Waals surface area (Å²) in [6.07, 6.45) is 2.30. The topological polar surface area (TPSA) is 75.7 Å². The van der Waals surface area contributed by atoms with E-state index in [9.17, 15) is 13.2 Å². The quantitative estimate of drug-likeness (QED) is 0.881. The van der Waals surface area contributed by atoms with Crippen LogP contribution >= 0.6 is 0 Å². The fourth-order valence-electron chi connectivity index (χ4n) is 3.07. The Morgan fingerprint density at radius 3 is 2.83 bits per heavy atom. The number of rotatable bonds is 5. The van der Waals surface area contributed by atoms with E-state index < -0.39 is 10.0 Å². The van der Waals surface area contributed by atoms with Crippen LogP contribution in [0.4, 0.5) is 5.69 Å². The number of hydrogen-bond donors (Lipinski definition) is 1. The molecule has 126 valence electrons. The Kier molecular flexibility index (Phi) is 4.70. The number of ether oxygens (including phenoxy) is 1. The van der Waals surface area contributed by atoms with E-state index in [1.165, 1.54) is 0 Å². The molecule has 2 heterocycles. The van der Waals surface area contributed by atoms with Crippen molar-refractivity contribution in [2.75, 3.05) is 31.2 Å². The highest BCUT2D eigenvalue weighted by atomic mass is 32.2. The van der Waals surface area contributed by atoms with Crippen molar-refractivity contribution in [1.29, 1.82) is 0 Å². The molecular weight excluding hydrogens is 316 g/mol. The van der Waals surface area contributed by atoms with E-state index >= 15 is 0 Å². The molecule has 7 heteroatoms. The van der Waals surface area contributed by atoms with Crippen molar-refractivity contribution < 1.29 is 17.9 Å². The van der Waals surface area contributed by atoms with Crippen molar-refractivity contribution in [2.24, 2.45) is 5.92 Å². The number of nitrogens with one attached hydrogen (secondary N) is 1. The van der Waals surface area contributed by atoms with Crippen LogP contribution in [0.15, 0.2) is 23.1 Å². The lowest BCUT2D eigenvalue weighted by atomic mass is 10.1. The number of amides is 1. The van der Waals surface area contributed by atoms with Gasteiger partial charge in [-0.25, -0.2) is 13.1 Å². The van der Waals surface area contributed by atoms with Crippen LogP contribution in [-0.2, 0) is 19.6 Å². The van der Waals surface area contributed by atoms with Crippen LogP contribution in [0, 0.1) is 12.8 Å². The zero-order valence-electron chi connectivity index (χ0n) is 13.2. The van der Waals surface area contributed by atoms with E-state index in [-0.39, 0.29) is 16.7 Å². The first-order valence-electron chi connectivity index (χ1n) is 7.96. The van der Waals surface area contributed by atoms with Gasteiger partial charge in [-0.2, -0.15) is 0 Å². The van der Waals surface area contributed by atoms with Gasteiger partial charge in [-0.1, -0.05) is 0 Å². The first-order valence-corrected chi connectivity index (χ1v) is 9.44. The van der Waals surface area contributed by atoms with Crippen LogP contribution < -0.4 is 9.62 Å². The monoisotopic (exact) mass is 338 g/mol. The van der Waals surface area contributed by atoms with Gasteiger partial charge in [0.25, 0.3) is 0 Å². The summed E-state index contributed by atoms with van der Waals surface area (Å²) >= 11 is 0. The molecule has 2 fully saturated rings. The van der Waals surface area contributed by atoms with Gasteiger partial charge in [0.15, 0.2) is 0 Å². The van der Waals surface area contributed by atoms with Gasteiger partial charge in [0.05, 0.1) is 11.5 Å². The predicted molar refractivity (Wildman–Crippen MR) is 86.9 cm³/mol. The molecule has 1 unspecified atom stereocenters. The van der Waals surface area contributed by atoms with Crippen LogP contribution in [-0.4, -0.2) is 40.6 Å². The zero-order chi connectivity index (χ0) is 16.4. The summed E-state index contributed by atoms with van der Waals surface area (Å²) in [5.41, 5.74) is 1.42. The highest BCUT2D eigenvalue weighted by molar-refractivity contribution is 7.89. The van der Waals surface area contributed by atoms with E-state index in [1.807, 2.05) is 0 Å². The summed E-state index contributed by atoms with van der Waals surface area (Å²) in [7, 11) is -3.54. The first-order chi connectivity index (χ1) is 11.0. The molecule has 0 radical (unpaired) electrons. The first kappa shape index (κ1) is 16.4. The van der Waals surface area contributed by atoms with Crippen LogP contribution in [0.2, 0.25) is 0 Å². The highest BCUT2D eigenvalue weighted by Crippen LogP contribution is 2.26. The molecule has 0 aromatic heterocycles. The number of sulfonamides is 1. The third-order valence-electron chi connectivity index (χ3n) is 4.42. The Morgan fingerprint density at radius 2 is 2.22 bits per heavy atom. The second-order valence-electron chi connectivity index (χ2n) is 6.18. The summed E-state index contributed by atoms with van der Waals surface area (Å²) in [5, 5.41) is 0. The summed E-state index contributed by atoms with van der Waals surface area (Å²) in [5.74, 6) is 0.339. The Morgan fingerprint density at radius 1 is 1.39 bits per heavy atom. The van der Waals surface area contributed by atoms with E-state index in [4.69, 9.17) is 4.74 Å². The number of benzene rings is 1. The van der Waals surface area contributed by atoms with Crippen LogP contribution in [0.25, 0.3) is 0 Å². The minimum absolute atomic E-state index is 0.0966. The van der Waals surface area contributed by atoms with Crippen molar-refractivity contribution >= 4 is 21.6 Å². The number of carbonyl (C=O) groups is 1. The van der Waals surface area contributed by atoms with Crippen molar-refractivity contribution in [1.82, 2.24) is 4.72 Å². The molecule has 1 aromatic rings. The summed E-state index contributed by atoms with van der Waals surface area (Å²) in [4.78, 5) is 13.8. The van der Waals surface area contributed by atoms with E-state index in [0.29, 0.717) is 38.3 Å². The third kappa shape index (κ3) is 3.57. The molecule has 0 saturated carbocycles. The standard InChI is InChI=1S/C16H22N2O4S/c1-12-9-14(18-7-2-3-16(18)19)4-5-15(12)23(20,21)17-10-13-6-8-22-11-13/h4-5,9,13,17H,2-3,6-8,10-11H2,1H3. The SMILES string of the molecule is Cc1cc(N2CCCC2=O)ccc1S(=O)(=O)NCC1CCOC1. The molecule has 3 rings (SSSR count). The van der Waals surface area contributed by atoms with Crippen molar-refractivity contribution in [3.8, 4) is 0 Å². The molecule has 2 saturated heterocycles. The highest BCUT2D eigenvalue weighted by Gasteiger charge is 2.25. The maximum atomic E-state index is 12.5. The lowest BCUT2D eigenvalue weighted by Crippen LogP contribution is -2.30. The van der Waals surface area contributed by atoms with Gasteiger partial charge < -0.3 is 9.64 Å². The molecule has 0 bridgehead atoms. The number of hydrogen-bond acceptors (Lipinski definition) is 4. The van der Waals surface area contributed by atoms with Gasteiger partial charge >= 0.3 is 0 Å². The molecule has 0 aliphatic carbocycles. The van der Waals surface area contributed by atoms with Crippen LogP contribution in [0.5, 0.6) is 0 Å². The van der Waals surface area contributed by atoms with E-state index in [2.05, 4.69) is 4.72 Å². The lowest BCUT2D eigenvalue weighted by Gasteiger charge is -2.18. The van der Waals surface area contributed by atoms with E-state index in [0.717, 1.165) is 18.5 Å². The van der Waals surface area contributed by atoms with Crippen molar-refractivity contribution in [3.63, 3.8) is 0 Å². The fraction of sp³-hybridized carbons (Fsp3) is 0.562. The van der Waals surface area contributed by atoms with Crippen LogP contribution in [0.3, 0.4) is 0 Å². The second kappa shape index (κ2) is 6.59. The van der Waals surface area contributed by atoms with Gasteiger partial charge in [0, 0.05) is 31.8 Å². The average Bonchev–Trinajstić information content (AvgIpc) is 3.16. The molecule has 1 aromatic carbocycles. The predicted octanol–water partition coefficient (Wildman–Crippen LogP) is 1.44. The summed E-state index contributed by atoms with van der Waals surface area (Å²) in [6.45, 7) is 4.16. The smallest absolute Gasteiger partial charge is 0.240 e. The Balaban J connectivity index is 1.75. The summed E-state index contributed by atoms with van der Waals surface area (Å²) in [6, 6.07) is 5.07. The van der Waals surface area contributed by atoms with Crippen LogP contribution in [0.1, 0.15) is 24.8 Å². The molecule has 0 spiro atoms. The molecule has 1 atom stereocenters. The van der Waals surface area contributed by atoms with Gasteiger partial charge in [-0.15, -0.1) is 0 Å². The van der Waals surface area contributed by atoms with Gasteiger partial charge in [0.1, 0.15) is 0 Å². The Bertz CT molecular complexity index is 696. The lowest BCUT2D eigenvalue weighted by molar-refractivity contribution is -0.117. The van der Waals surface area contributed by atoms with Crippen molar-refractivity contribution in [2.45, 2.75) is 31.1 Å². The third-order valence-corrected chi connectivity index (χ3v) is 6.00. The summed E-state index contributed by atoms with van der Waals surface area (Å²) < 4.78 is 32.9. The molecule has 2 aliphatic heterocycles. The Hall–Kier alpha value is -1.44. The Labute approximate surface area is 136 Å². The average molecular weight is 338 g/mol. The van der Waals surface area contributed by atoms with Gasteiger partial charge in [0.2, 0.25) is 15.9 Å². The van der Waals surface area contributed by atoms with E-state index in [1.54, 1.807) is 30.0 Å². The molecular formula is C16H22N2O4S. The minimum Gasteiger partial charge on any atom is -0.381 e. The number of nitrogens with zero attached hydrogens (tertiary/aromatic N) is 1. The molecule has 6 nitrogen and oxygen atoms in total. The minimum atomic E-state index is -3.54. The maximum absolute atomic E-state index is 12.5. The normalized spacial score (nSPS) is 22.0. The zero-order valence-corrected chi connectivity index (χ0v) is 14.1. The van der Waals surface area contributed by atoms with Gasteiger partial charge in [-0.3, -0.25) is 4.79 Å². The molecule has 1 amide bonds.